The summed E-state index contributed by atoms with van der Waals surface area (Å²) < 4.78 is 148. The van der Waals surface area contributed by atoms with Gasteiger partial charge in [0.05, 0.1) is 12.2 Å². The van der Waals surface area contributed by atoms with E-state index in [1.54, 1.807) is 0 Å². The van der Waals surface area contributed by atoms with Crippen LogP contribution in [0, 0.1) is 17.5 Å². The molecule has 0 aliphatic rings. The van der Waals surface area contributed by atoms with Crippen LogP contribution in [0.25, 0.3) is 0 Å². The third-order valence-electron chi connectivity index (χ3n) is 8.12. The molecule has 4 aromatic carbocycles. The van der Waals surface area contributed by atoms with Gasteiger partial charge in [-0.2, -0.15) is 30.7 Å². The van der Waals surface area contributed by atoms with E-state index in [0.717, 1.165) is 30.3 Å². The predicted molar refractivity (Wildman–Crippen MR) is 167 cm³/mol. The zero-order chi connectivity index (χ0) is 38.3. The van der Waals surface area contributed by atoms with Crippen molar-refractivity contribution in [2.45, 2.75) is 62.7 Å². The third-order valence-corrected chi connectivity index (χ3v) is 8.12. The van der Waals surface area contributed by atoms with E-state index in [2.05, 4.69) is 4.74 Å². The maximum absolute atomic E-state index is 15.2. The lowest BCUT2D eigenvalue weighted by Gasteiger charge is -2.36. The molecule has 0 aromatic heterocycles. The molecule has 1 N–H and O–H groups in total. The second-order valence-electron chi connectivity index (χ2n) is 11.9. The number of carbonyl (C=O) groups excluding carboxylic acids is 1. The Morgan fingerprint density at radius 3 is 2.00 bits per heavy atom. The summed E-state index contributed by atoms with van der Waals surface area (Å²) in [6.07, 6.45) is -14.2. The van der Waals surface area contributed by atoms with E-state index in [1.165, 1.54) is 36.4 Å². The van der Waals surface area contributed by atoms with Crippen molar-refractivity contribution in [2.24, 2.45) is 0 Å². The van der Waals surface area contributed by atoms with Gasteiger partial charge in [-0.05, 0) is 97.0 Å². The van der Waals surface area contributed by atoms with Crippen molar-refractivity contribution >= 4 is 11.8 Å². The fourth-order valence-electron chi connectivity index (χ4n) is 5.60. The van der Waals surface area contributed by atoms with Gasteiger partial charge in [-0.3, -0.25) is 9.59 Å². The molecule has 4 aromatic rings. The number of carbonyl (C=O) groups is 2. The Labute approximate surface area is 290 Å². The van der Waals surface area contributed by atoms with Crippen LogP contribution in [0.2, 0.25) is 0 Å². The van der Waals surface area contributed by atoms with Gasteiger partial charge in [0.15, 0.2) is 5.78 Å². The standard InChI is InChI=1S/C37H30F10O5/c38-26-10-8-24(9-11-26)35(21-32(48)23-7-14-31(40)30(16-23)36(43,44)45,25-17-27(39)19-29(18-25)52-37(46,47)34(41)42)20-22-5-12-28(13-6-22)51-15-3-1-2-4-33(49)50/h5-14,16-19,34H,1-4,15,20-21H2,(H,49,50)/t35-/m1/s1. The maximum Gasteiger partial charge on any atom is 0.461 e. The monoisotopic (exact) mass is 744 g/mol. The molecule has 0 heterocycles. The van der Waals surface area contributed by atoms with Crippen LogP contribution in [0.4, 0.5) is 43.9 Å². The average Bonchev–Trinajstić information content (AvgIpc) is 3.06. The smallest absolute Gasteiger partial charge is 0.461 e. The minimum atomic E-state index is -5.19. The van der Waals surface area contributed by atoms with E-state index in [4.69, 9.17) is 9.84 Å². The van der Waals surface area contributed by atoms with Crippen LogP contribution in [-0.2, 0) is 22.8 Å². The number of Topliss-reactive ketones (excluding diaryl/α,β-unsaturated/α-hetero) is 1. The molecule has 0 saturated carbocycles. The summed E-state index contributed by atoms with van der Waals surface area (Å²) in [5.41, 5.74) is -4.22. The number of aliphatic carboxylic acids is 1. The van der Waals surface area contributed by atoms with Crippen LogP contribution < -0.4 is 9.47 Å². The maximum atomic E-state index is 15.2. The van der Waals surface area contributed by atoms with E-state index in [0.29, 0.717) is 42.7 Å². The number of benzene rings is 4. The highest BCUT2D eigenvalue weighted by Gasteiger charge is 2.45. The average molecular weight is 745 g/mol. The van der Waals surface area contributed by atoms with Gasteiger partial charge in [-0.15, -0.1) is 0 Å². The van der Waals surface area contributed by atoms with Crippen LogP contribution in [-0.4, -0.2) is 36.0 Å². The fourth-order valence-corrected chi connectivity index (χ4v) is 5.60. The third kappa shape index (κ3) is 10.3. The SMILES string of the molecule is O=C(O)CCCCCOc1ccc(C[C@@](CC(=O)c2ccc(F)c(C(F)(F)F)c2)(c2ccc(F)cc2)c2cc(F)cc(OC(F)(F)C(F)F)c2)cc1. The molecule has 0 spiro atoms. The number of carboxylic acid groups (broad SMARTS) is 1. The predicted octanol–water partition coefficient (Wildman–Crippen LogP) is 10.2. The molecule has 0 bridgehead atoms. The van der Waals surface area contributed by atoms with Crippen molar-refractivity contribution in [3.63, 3.8) is 0 Å². The van der Waals surface area contributed by atoms with E-state index in [-0.39, 0.29) is 36.6 Å². The van der Waals surface area contributed by atoms with Crippen molar-refractivity contribution in [1.82, 2.24) is 0 Å². The Morgan fingerprint density at radius 1 is 0.712 bits per heavy atom. The summed E-state index contributed by atoms with van der Waals surface area (Å²) >= 11 is 0. The van der Waals surface area contributed by atoms with Crippen molar-refractivity contribution < 1.29 is 68.1 Å². The first-order valence-corrected chi connectivity index (χ1v) is 15.7. The minimum Gasteiger partial charge on any atom is -0.494 e. The second-order valence-corrected chi connectivity index (χ2v) is 11.9. The molecule has 0 aliphatic heterocycles. The molecule has 0 radical (unpaired) electrons. The van der Waals surface area contributed by atoms with Crippen LogP contribution in [0.1, 0.15) is 64.7 Å². The number of carboxylic acids is 1. The number of hydrogen-bond acceptors (Lipinski definition) is 4. The number of hydrogen-bond donors (Lipinski definition) is 1. The van der Waals surface area contributed by atoms with E-state index < -0.39 is 76.6 Å². The quantitative estimate of drug-likeness (QED) is 0.0662. The first kappa shape index (κ1) is 39.7. The zero-order valence-corrected chi connectivity index (χ0v) is 27.0. The first-order chi connectivity index (χ1) is 24.4. The van der Waals surface area contributed by atoms with Crippen molar-refractivity contribution in [3.05, 3.63) is 130 Å². The summed E-state index contributed by atoms with van der Waals surface area (Å²) in [7, 11) is 0. The lowest BCUT2D eigenvalue weighted by atomic mass is 9.67. The Morgan fingerprint density at radius 2 is 1.38 bits per heavy atom. The lowest BCUT2D eigenvalue weighted by Crippen LogP contribution is -2.35. The molecular weight excluding hydrogens is 714 g/mol. The summed E-state index contributed by atoms with van der Waals surface area (Å²) in [4.78, 5) is 24.5. The van der Waals surface area contributed by atoms with Crippen LogP contribution >= 0.6 is 0 Å². The second kappa shape index (κ2) is 16.5. The highest BCUT2D eigenvalue weighted by molar-refractivity contribution is 5.97. The lowest BCUT2D eigenvalue weighted by molar-refractivity contribution is -0.253. The summed E-state index contributed by atoms with van der Waals surface area (Å²) in [6.45, 7) is 0.236. The number of halogens is 10. The number of alkyl halides is 7. The van der Waals surface area contributed by atoms with Gasteiger partial charge < -0.3 is 14.6 Å². The molecule has 0 fully saturated rings. The number of unbranched alkanes of at least 4 members (excludes halogenated alkanes) is 2. The van der Waals surface area contributed by atoms with E-state index in [1.807, 2.05) is 0 Å². The van der Waals surface area contributed by atoms with E-state index in [9.17, 15) is 49.1 Å². The Kier molecular flexibility index (Phi) is 12.6. The molecular formula is C37H30F10O5. The van der Waals surface area contributed by atoms with Gasteiger partial charge in [0.2, 0.25) is 0 Å². The molecule has 0 saturated heterocycles. The van der Waals surface area contributed by atoms with Crippen molar-refractivity contribution in [1.29, 1.82) is 0 Å². The van der Waals surface area contributed by atoms with Gasteiger partial charge in [-0.1, -0.05) is 24.3 Å². The van der Waals surface area contributed by atoms with Gasteiger partial charge in [-0.25, -0.2) is 13.2 Å². The molecule has 52 heavy (non-hydrogen) atoms. The zero-order valence-electron chi connectivity index (χ0n) is 27.0. The van der Waals surface area contributed by atoms with Crippen molar-refractivity contribution in [2.75, 3.05) is 6.61 Å². The largest absolute Gasteiger partial charge is 0.494 e. The molecule has 0 amide bonds. The Balaban J connectivity index is 1.82. The number of ether oxygens (including phenoxy) is 2. The molecule has 278 valence electrons. The van der Waals surface area contributed by atoms with Crippen LogP contribution in [0.3, 0.4) is 0 Å². The highest BCUT2D eigenvalue weighted by Crippen LogP contribution is 2.43. The summed E-state index contributed by atoms with van der Waals surface area (Å²) in [5, 5.41) is 8.76. The molecule has 4 rings (SSSR count). The normalized spacial score (nSPS) is 13.1. The Bertz CT molecular complexity index is 1840. The molecule has 5 nitrogen and oxygen atoms in total. The van der Waals surface area contributed by atoms with Gasteiger partial charge in [0.25, 0.3) is 0 Å². The van der Waals surface area contributed by atoms with Gasteiger partial charge in [0, 0.05) is 29.9 Å². The van der Waals surface area contributed by atoms with Crippen LogP contribution in [0.15, 0.2) is 84.9 Å². The van der Waals surface area contributed by atoms with Crippen LogP contribution in [0.5, 0.6) is 11.5 Å². The molecule has 0 aliphatic carbocycles. The number of ketones is 1. The van der Waals surface area contributed by atoms with E-state index >= 15 is 4.39 Å². The molecule has 15 heteroatoms. The van der Waals surface area contributed by atoms with Crippen molar-refractivity contribution in [3.8, 4) is 11.5 Å². The first-order valence-electron chi connectivity index (χ1n) is 15.7. The summed E-state index contributed by atoms with van der Waals surface area (Å²) in [5.74, 6) is -6.39. The summed E-state index contributed by atoms with van der Waals surface area (Å²) in [6, 6.07) is 13.8. The molecule has 1 atom stereocenters. The number of rotatable bonds is 17. The topological polar surface area (TPSA) is 72.8 Å². The highest BCUT2D eigenvalue weighted by atomic mass is 19.4. The minimum absolute atomic E-state index is 0.00519. The van der Waals surface area contributed by atoms with Gasteiger partial charge in [0.1, 0.15) is 29.0 Å². The van der Waals surface area contributed by atoms with Gasteiger partial charge >= 0.3 is 24.7 Å². The molecule has 0 unspecified atom stereocenters. The Hall–Kier alpha value is -5.08. The fraction of sp³-hybridized carbons (Fsp3) is 0.297.